The van der Waals surface area contributed by atoms with Gasteiger partial charge in [0.15, 0.2) is 0 Å². The average molecular weight is 230 g/mol. The molecule has 0 aromatic carbocycles. The molecule has 0 bridgehead atoms. The predicted molar refractivity (Wildman–Crippen MR) is 37.3 cm³/mol. The SMILES string of the molecule is N#[C][Fe]([C]#N)([C]#N)([C]#N)([C]#N)[C]#N.O. The van der Waals surface area contributed by atoms with Gasteiger partial charge < -0.3 is 5.48 Å². The summed E-state index contributed by atoms with van der Waals surface area (Å²) in [5.74, 6) is 0. The Kier molecular flexibility index (Phi) is 2.72. The second kappa shape index (κ2) is 2.72. The van der Waals surface area contributed by atoms with Gasteiger partial charge in [0.1, 0.15) is 0 Å². The summed E-state index contributed by atoms with van der Waals surface area (Å²) in [6, 6.07) is 0. The molecule has 0 aliphatic rings. The van der Waals surface area contributed by atoms with Crippen molar-refractivity contribution in [2.24, 2.45) is 0 Å². The molecule has 0 aliphatic heterocycles. The van der Waals surface area contributed by atoms with Gasteiger partial charge in [-0.25, -0.2) is 0 Å². The van der Waals surface area contributed by atoms with E-state index in [-0.39, 0.29) is 5.48 Å². The van der Waals surface area contributed by atoms with Gasteiger partial charge in [-0.2, -0.15) is 0 Å². The average Bonchev–Trinajstić information content (AvgIpc) is 2.26. The van der Waals surface area contributed by atoms with Crippen LogP contribution < -0.4 is 0 Å². The Morgan fingerprint density at radius 3 is 0.643 bits per heavy atom. The maximum atomic E-state index is 8.58. The Morgan fingerprint density at radius 2 is 0.643 bits per heavy atom. The Labute approximate surface area is 78.1 Å². The zero-order valence-electron chi connectivity index (χ0n) is 6.54. The summed E-state index contributed by atoms with van der Waals surface area (Å²) in [5, 5.41) is 51.5. The van der Waals surface area contributed by atoms with Gasteiger partial charge in [0.05, 0.1) is 0 Å². The van der Waals surface area contributed by atoms with Crippen molar-refractivity contribution < 1.29 is 16.2 Å². The standard InChI is InChI=1S/6CN.Fe.H2O/c6*1-2;;/h;;;;;;;1H2. The Bertz CT molecular complexity index is 392. The molecule has 0 saturated heterocycles. The van der Waals surface area contributed by atoms with Gasteiger partial charge in [-0.3, -0.25) is 0 Å². The molecule has 70 valence electrons. The normalized spacial score (nSPS) is 12.4. The molecule has 0 saturated carbocycles. The third-order valence-corrected chi connectivity index (χ3v) is 4.89. The molecule has 7 nitrogen and oxygen atoms in total. The van der Waals surface area contributed by atoms with Crippen LogP contribution >= 0.6 is 0 Å². The molecule has 0 aromatic rings. The molecule has 0 spiro atoms. The summed E-state index contributed by atoms with van der Waals surface area (Å²) in [4.78, 5) is 6.19. The molecular weight excluding hydrogens is 228 g/mol. The van der Waals surface area contributed by atoms with E-state index in [4.69, 9.17) is 31.6 Å². The van der Waals surface area contributed by atoms with E-state index in [2.05, 4.69) is 0 Å². The summed E-state index contributed by atoms with van der Waals surface area (Å²) in [6.07, 6.45) is 0. The molecule has 2 N–H and O–H groups in total. The summed E-state index contributed by atoms with van der Waals surface area (Å²) >= 11 is 0. The molecule has 0 amide bonds. The molecule has 0 heterocycles. The smallest absolute Gasteiger partial charge is 0.412 e. The minimum atomic E-state index is -6.17. The van der Waals surface area contributed by atoms with Crippen LogP contribution in [0.4, 0.5) is 0 Å². The van der Waals surface area contributed by atoms with Crippen molar-refractivity contribution >= 4 is 0 Å². The predicted octanol–water partition coefficient (Wildman–Crippen LogP) is -0.727. The van der Waals surface area contributed by atoms with E-state index >= 15 is 0 Å². The van der Waals surface area contributed by atoms with E-state index in [1.807, 2.05) is 0 Å². The summed E-state index contributed by atoms with van der Waals surface area (Å²) in [7, 11) is -6.17. The second-order valence-corrected chi connectivity index (χ2v) is 7.42. The van der Waals surface area contributed by atoms with E-state index in [0.717, 1.165) is 29.8 Å². The van der Waals surface area contributed by atoms with Crippen molar-refractivity contribution in [3.63, 3.8) is 0 Å². The van der Waals surface area contributed by atoms with Gasteiger partial charge >= 0.3 is 72.1 Å². The third kappa shape index (κ3) is 0.888. The van der Waals surface area contributed by atoms with Crippen LogP contribution in [0.5, 0.6) is 0 Å². The van der Waals surface area contributed by atoms with Crippen LogP contribution in [0.15, 0.2) is 0 Å². The first-order valence-electron chi connectivity index (χ1n) is 2.40. The largest absolute Gasteiger partial charge is 0.412 e. The monoisotopic (exact) mass is 230 g/mol. The van der Waals surface area contributed by atoms with Gasteiger partial charge in [-0.05, 0) is 0 Å². The van der Waals surface area contributed by atoms with Crippen LogP contribution in [-0.4, -0.2) is 5.48 Å². The van der Waals surface area contributed by atoms with Crippen LogP contribution in [0.2, 0.25) is 0 Å². The van der Waals surface area contributed by atoms with Crippen molar-refractivity contribution in [3.05, 3.63) is 0 Å². The summed E-state index contributed by atoms with van der Waals surface area (Å²) in [5.41, 5.74) is 0. The topological polar surface area (TPSA) is 174 Å². The fourth-order valence-electron chi connectivity index (χ4n) is 0.265. The van der Waals surface area contributed by atoms with Crippen LogP contribution in [0.1, 0.15) is 0 Å². The third-order valence-electron chi connectivity index (χ3n) is 1.19. The maximum Gasteiger partial charge on any atom is -0.412 e. The fourth-order valence-corrected chi connectivity index (χ4v) is 1.09. The van der Waals surface area contributed by atoms with Crippen LogP contribution in [-0.2, 0) is 10.7 Å². The van der Waals surface area contributed by atoms with Gasteiger partial charge in [0.25, 0.3) is 0 Å². The second-order valence-electron chi connectivity index (χ2n) is 1.80. The molecule has 0 aromatic heterocycles. The van der Waals surface area contributed by atoms with Gasteiger partial charge in [0, 0.05) is 0 Å². The fraction of sp³-hybridized carbons (Fsp3) is 0. The summed E-state index contributed by atoms with van der Waals surface area (Å²) < 4.78 is 0. The first-order valence-corrected chi connectivity index (χ1v) is 5.71. The molecule has 0 atom stereocenters. The molecule has 0 unspecified atom stereocenters. The van der Waals surface area contributed by atoms with E-state index < -0.39 is 10.7 Å². The number of hydrogen-bond acceptors (Lipinski definition) is 6. The van der Waals surface area contributed by atoms with Gasteiger partial charge in [-0.1, -0.05) is 0 Å². The van der Waals surface area contributed by atoms with E-state index in [1.165, 1.54) is 0 Å². The first kappa shape index (κ1) is 14.0. The Hall–Kier alpha value is -2.58. The molecule has 8 heteroatoms. The van der Waals surface area contributed by atoms with Crippen molar-refractivity contribution in [2.45, 2.75) is 0 Å². The zero-order chi connectivity index (χ0) is 10.7. The molecule has 0 aliphatic carbocycles. The molecule has 0 rings (SSSR count). The molecule has 0 fully saturated rings. The minimum Gasteiger partial charge on any atom is -0.412 e. The van der Waals surface area contributed by atoms with Crippen LogP contribution in [0.3, 0.4) is 0 Å². The van der Waals surface area contributed by atoms with Crippen molar-refractivity contribution in [1.29, 1.82) is 31.6 Å². The quantitative estimate of drug-likeness (QED) is 0.495. The first-order chi connectivity index (χ1) is 5.97. The Morgan fingerprint density at radius 1 is 0.500 bits per heavy atom. The number of nitrogens with zero attached hydrogens (tertiary/aromatic N) is 6. The van der Waals surface area contributed by atoms with Gasteiger partial charge in [0.2, 0.25) is 0 Å². The number of hydrogen-bond donors (Lipinski definition) is 0. The van der Waals surface area contributed by atoms with E-state index in [9.17, 15) is 0 Å². The number of nitriles is 6. The number of rotatable bonds is 0. The maximum absolute atomic E-state index is 8.58. The van der Waals surface area contributed by atoms with Crippen molar-refractivity contribution in [1.82, 2.24) is 0 Å². The Balaban J connectivity index is 0. The van der Waals surface area contributed by atoms with Crippen molar-refractivity contribution in [2.75, 3.05) is 0 Å². The minimum absolute atomic E-state index is 0. The van der Waals surface area contributed by atoms with Gasteiger partial charge in [-0.15, -0.1) is 0 Å². The zero-order valence-corrected chi connectivity index (χ0v) is 7.64. The van der Waals surface area contributed by atoms with E-state index in [1.54, 1.807) is 0 Å². The van der Waals surface area contributed by atoms with E-state index in [0.29, 0.717) is 0 Å². The van der Waals surface area contributed by atoms with Crippen LogP contribution in [0, 0.1) is 61.4 Å². The van der Waals surface area contributed by atoms with Crippen LogP contribution in [0.25, 0.3) is 0 Å². The molecule has 0 radical (unpaired) electrons. The molecular formula is C6H2FeN6O. The van der Waals surface area contributed by atoms with Crippen molar-refractivity contribution in [3.8, 4) is 29.8 Å². The molecule has 14 heavy (non-hydrogen) atoms. The summed E-state index contributed by atoms with van der Waals surface area (Å²) in [6.45, 7) is 0.